The van der Waals surface area contributed by atoms with E-state index < -0.39 is 23.3 Å². The fourth-order valence-electron chi connectivity index (χ4n) is 5.99. The van der Waals surface area contributed by atoms with E-state index in [4.69, 9.17) is 14.2 Å². The molecule has 0 radical (unpaired) electrons. The number of aryl methyl sites for hydroxylation is 2. The van der Waals surface area contributed by atoms with E-state index in [1.165, 1.54) is 12.1 Å². The van der Waals surface area contributed by atoms with Crippen molar-refractivity contribution in [2.45, 2.75) is 52.2 Å². The van der Waals surface area contributed by atoms with Gasteiger partial charge in [-0.25, -0.2) is 8.78 Å². The molecule has 8 heteroatoms. The van der Waals surface area contributed by atoms with Crippen molar-refractivity contribution in [3.63, 3.8) is 0 Å². The molecule has 1 saturated heterocycles. The molecule has 1 fully saturated rings. The van der Waals surface area contributed by atoms with Gasteiger partial charge in [-0.05, 0) is 82.3 Å². The predicted molar refractivity (Wildman–Crippen MR) is 145 cm³/mol. The van der Waals surface area contributed by atoms with Crippen LogP contribution in [0.1, 0.15) is 55.3 Å². The Kier molecular flexibility index (Phi) is 6.27. The number of nitrogens with zero attached hydrogens (tertiary/aromatic N) is 3. The molecule has 5 aromatic rings. The molecule has 6 nitrogen and oxygen atoms in total. The highest BCUT2D eigenvalue weighted by Gasteiger charge is 2.33. The van der Waals surface area contributed by atoms with Crippen molar-refractivity contribution >= 4 is 21.9 Å². The smallest absolute Gasteiger partial charge is 0.141 e. The van der Waals surface area contributed by atoms with Crippen LogP contribution in [0.4, 0.5) is 8.78 Å². The summed E-state index contributed by atoms with van der Waals surface area (Å²) in [6.07, 6.45) is 3.20. The number of fused-ring (bicyclic) bond motifs is 3. The van der Waals surface area contributed by atoms with Gasteiger partial charge in [-0.1, -0.05) is 17.3 Å². The first-order chi connectivity index (χ1) is 18.6. The largest absolute Gasteiger partial charge is 0.386 e. The molecule has 6 rings (SSSR count). The Bertz CT molecular complexity index is 1670. The second kappa shape index (κ2) is 9.54. The highest BCUT2D eigenvalue weighted by molar-refractivity contribution is 6.07. The molecule has 1 atom stereocenters. The average Bonchev–Trinajstić information content (AvgIpc) is 3.42. The number of pyridine rings is 1. The van der Waals surface area contributed by atoms with Crippen LogP contribution in [0, 0.1) is 31.4 Å². The lowest BCUT2D eigenvalue weighted by Crippen LogP contribution is -2.28. The summed E-state index contributed by atoms with van der Waals surface area (Å²) in [6, 6.07) is 10.9. The van der Waals surface area contributed by atoms with Gasteiger partial charge in [0.25, 0.3) is 0 Å². The molecule has 0 spiro atoms. The van der Waals surface area contributed by atoms with Gasteiger partial charge in [0.2, 0.25) is 0 Å². The summed E-state index contributed by atoms with van der Waals surface area (Å²) >= 11 is 0. The topological polar surface area (TPSA) is 73.3 Å². The monoisotopic (exact) mass is 531 g/mol. The molecule has 1 aliphatic rings. The van der Waals surface area contributed by atoms with Crippen molar-refractivity contribution < 1.29 is 23.1 Å². The fourth-order valence-corrected chi connectivity index (χ4v) is 5.99. The van der Waals surface area contributed by atoms with Gasteiger partial charge in [-0.2, -0.15) is 0 Å². The number of rotatable bonds is 5. The standard InChI is InChI=1S/C31H31F2N3O3/c1-17-28(18(2)39-35-17)20-13-27-29(34-16-20)23-7-5-21(31(3,4)37)14-26(23)36(27)30(19-9-11-38-12-10-19)24-15-22(32)6-8-25(24)33/h5-8,13-16,19,30,37H,9-12H2,1-4H3/t30-/m1/s1. The molecule has 0 saturated carbocycles. The quantitative estimate of drug-likeness (QED) is 0.265. The minimum atomic E-state index is -1.09. The highest BCUT2D eigenvalue weighted by Crippen LogP contribution is 2.43. The lowest BCUT2D eigenvalue weighted by atomic mass is 9.86. The number of benzene rings is 2. The number of aliphatic hydroxyl groups is 1. The third-order valence-electron chi connectivity index (χ3n) is 7.94. The summed E-state index contributed by atoms with van der Waals surface area (Å²) in [6.45, 7) is 8.31. The van der Waals surface area contributed by atoms with E-state index >= 15 is 4.39 Å². The van der Waals surface area contributed by atoms with Gasteiger partial charge in [-0.15, -0.1) is 0 Å². The van der Waals surface area contributed by atoms with Gasteiger partial charge in [0.05, 0.1) is 33.9 Å². The number of aromatic nitrogens is 3. The van der Waals surface area contributed by atoms with E-state index in [9.17, 15) is 9.50 Å². The lowest BCUT2D eigenvalue weighted by Gasteiger charge is -2.33. The van der Waals surface area contributed by atoms with E-state index in [2.05, 4.69) is 9.72 Å². The van der Waals surface area contributed by atoms with Crippen molar-refractivity contribution in [2.24, 2.45) is 5.92 Å². The third-order valence-corrected chi connectivity index (χ3v) is 7.94. The first kappa shape index (κ1) is 25.6. The Morgan fingerprint density at radius 3 is 2.49 bits per heavy atom. The van der Waals surface area contributed by atoms with Crippen LogP contribution in [0.25, 0.3) is 33.1 Å². The van der Waals surface area contributed by atoms with E-state index in [0.29, 0.717) is 31.8 Å². The molecular formula is C31H31F2N3O3. The molecule has 3 aromatic heterocycles. The summed E-state index contributed by atoms with van der Waals surface area (Å²) in [5, 5.41) is 15.8. The van der Waals surface area contributed by atoms with Crippen LogP contribution in [0.5, 0.6) is 0 Å². The minimum Gasteiger partial charge on any atom is -0.386 e. The van der Waals surface area contributed by atoms with E-state index in [1.54, 1.807) is 20.0 Å². The van der Waals surface area contributed by atoms with E-state index in [-0.39, 0.29) is 11.5 Å². The fraction of sp³-hybridized carbons (Fsp3) is 0.355. The second-order valence-electron chi connectivity index (χ2n) is 11.0. The van der Waals surface area contributed by atoms with Gasteiger partial charge < -0.3 is 18.9 Å². The Hall–Kier alpha value is -3.62. The summed E-state index contributed by atoms with van der Waals surface area (Å²) in [5.74, 6) is -0.285. The predicted octanol–water partition coefficient (Wildman–Crippen LogP) is 6.98. The maximum absolute atomic E-state index is 15.6. The summed E-state index contributed by atoms with van der Waals surface area (Å²) < 4.78 is 43.4. The van der Waals surface area contributed by atoms with Crippen molar-refractivity contribution in [1.82, 2.24) is 14.7 Å². The van der Waals surface area contributed by atoms with Gasteiger partial charge in [0, 0.05) is 41.5 Å². The van der Waals surface area contributed by atoms with Crippen LogP contribution in [-0.4, -0.2) is 33.0 Å². The molecule has 1 aliphatic heterocycles. The van der Waals surface area contributed by atoms with E-state index in [1.807, 2.05) is 38.1 Å². The normalized spacial score (nSPS) is 15.9. The molecule has 0 aliphatic carbocycles. The third kappa shape index (κ3) is 4.41. The maximum Gasteiger partial charge on any atom is 0.141 e. The van der Waals surface area contributed by atoms with Gasteiger partial charge in [0.1, 0.15) is 17.4 Å². The maximum atomic E-state index is 15.6. The summed E-state index contributed by atoms with van der Waals surface area (Å²) in [7, 11) is 0. The number of halogens is 2. The van der Waals surface area contributed by atoms with Gasteiger partial charge >= 0.3 is 0 Å². The van der Waals surface area contributed by atoms with Crippen LogP contribution in [0.15, 0.2) is 53.2 Å². The zero-order valence-electron chi connectivity index (χ0n) is 22.5. The Morgan fingerprint density at radius 2 is 1.79 bits per heavy atom. The molecule has 39 heavy (non-hydrogen) atoms. The Labute approximate surface area is 225 Å². The summed E-state index contributed by atoms with van der Waals surface area (Å²) in [5.41, 5.74) is 4.68. The van der Waals surface area contributed by atoms with Crippen molar-refractivity contribution in [1.29, 1.82) is 0 Å². The van der Waals surface area contributed by atoms with Crippen molar-refractivity contribution in [2.75, 3.05) is 13.2 Å². The van der Waals surface area contributed by atoms with Crippen molar-refractivity contribution in [3.05, 3.63) is 82.9 Å². The van der Waals surface area contributed by atoms with Crippen molar-refractivity contribution in [3.8, 4) is 11.1 Å². The second-order valence-corrected chi connectivity index (χ2v) is 11.0. The number of hydrogen-bond acceptors (Lipinski definition) is 5. The van der Waals surface area contributed by atoms with Crippen LogP contribution in [0.3, 0.4) is 0 Å². The Morgan fingerprint density at radius 1 is 1.03 bits per heavy atom. The van der Waals surface area contributed by atoms with Crippen LogP contribution in [0.2, 0.25) is 0 Å². The first-order valence-corrected chi connectivity index (χ1v) is 13.3. The number of ether oxygens (including phenoxy) is 1. The zero-order chi connectivity index (χ0) is 27.5. The molecule has 0 unspecified atom stereocenters. The highest BCUT2D eigenvalue weighted by atomic mass is 19.1. The van der Waals surface area contributed by atoms with Crippen LogP contribution < -0.4 is 0 Å². The molecule has 0 bridgehead atoms. The molecule has 2 aromatic carbocycles. The number of hydrogen-bond donors (Lipinski definition) is 1. The molecule has 0 amide bonds. The summed E-state index contributed by atoms with van der Waals surface area (Å²) in [4.78, 5) is 4.88. The van der Waals surface area contributed by atoms with Gasteiger partial charge in [0.15, 0.2) is 0 Å². The van der Waals surface area contributed by atoms with Gasteiger partial charge in [-0.3, -0.25) is 4.98 Å². The lowest BCUT2D eigenvalue weighted by molar-refractivity contribution is 0.0548. The van der Waals surface area contributed by atoms with Crippen LogP contribution in [-0.2, 0) is 10.3 Å². The molecule has 202 valence electrons. The molecule has 4 heterocycles. The Balaban J connectivity index is 1.72. The van der Waals surface area contributed by atoms with E-state index in [0.717, 1.165) is 50.4 Å². The molecule has 1 N–H and O–H groups in total. The zero-order valence-corrected chi connectivity index (χ0v) is 22.5. The SMILES string of the molecule is Cc1noc(C)c1-c1cnc2c3ccc(C(C)(C)O)cc3n([C@@H](c3cc(F)ccc3F)C3CCOCC3)c2c1. The average molecular weight is 532 g/mol. The molecular weight excluding hydrogens is 500 g/mol. The minimum absolute atomic E-state index is 0.0117. The first-order valence-electron chi connectivity index (χ1n) is 13.3. The van der Waals surface area contributed by atoms with Crippen LogP contribution >= 0.6 is 0 Å².